The first-order chi connectivity index (χ1) is 5.26. The summed E-state index contributed by atoms with van der Waals surface area (Å²) >= 11 is 0. The van der Waals surface area contributed by atoms with Crippen molar-refractivity contribution in [3.8, 4) is 0 Å². The molecular formula is C8H18O2P+. The van der Waals surface area contributed by atoms with Gasteiger partial charge in [0.2, 0.25) is 0 Å². The Kier molecular flexibility index (Phi) is 6.79. The van der Waals surface area contributed by atoms with Crippen LogP contribution in [0, 0.1) is 0 Å². The van der Waals surface area contributed by atoms with Gasteiger partial charge in [-0.15, -0.1) is 4.52 Å². The Morgan fingerprint density at radius 3 is 2.36 bits per heavy atom. The molecule has 0 aromatic carbocycles. The molecule has 0 saturated heterocycles. The van der Waals surface area contributed by atoms with Gasteiger partial charge in [-0.05, 0) is 24.3 Å². The van der Waals surface area contributed by atoms with Crippen molar-refractivity contribution in [2.75, 3.05) is 6.61 Å². The fourth-order valence-electron chi connectivity index (χ4n) is 1.02. The van der Waals surface area contributed by atoms with E-state index < -0.39 is 8.03 Å². The predicted molar refractivity (Wildman–Crippen MR) is 48.2 cm³/mol. The molecule has 2 unspecified atom stereocenters. The topological polar surface area (TPSA) is 26.3 Å². The Morgan fingerprint density at radius 1 is 1.36 bits per heavy atom. The Hall–Kier alpha value is 0.0600. The molecule has 0 aromatic rings. The lowest BCUT2D eigenvalue weighted by Gasteiger charge is -1.99. The van der Waals surface area contributed by atoms with Crippen LogP contribution in [0.5, 0.6) is 0 Å². The Labute approximate surface area is 70.2 Å². The minimum absolute atomic E-state index is 0.273. The lowest BCUT2D eigenvalue weighted by molar-refractivity contribution is 0.340. The molecule has 2 nitrogen and oxygen atoms in total. The van der Waals surface area contributed by atoms with Gasteiger partial charge in [0.25, 0.3) is 0 Å². The second-order valence-corrected chi connectivity index (χ2v) is 4.11. The summed E-state index contributed by atoms with van der Waals surface area (Å²) in [5, 5.41) is 0. The molecule has 0 rings (SSSR count). The maximum Gasteiger partial charge on any atom is 0.511 e. The first kappa shape index (κ1) is 11.1. The van der Waals surface area contributed by atoms with Crippen molar-refractivity contribution in [1.29, 1.82) is 0 Å². The van der Waals surface area contributed by atoms with Gasteiger partial charge in [-0.25, -0.2) is 0 Å². The third-order valence-electron chi connectivity index (χ3n) is 1.65. The van der Waals surface area contributed by atoms with Crippen molar-refractivity contribution in [3.05, 3.63) is 0 Å². The van der Waals surface area contributed by atoms with E-state index in [0.717, 1.165) is 19.3 Å². The molecule has 0 bridgehead atoms. The Bertz CT molecular complexity index is 115. The molecule has 0 spiro atoms. The van der Waals surface area contributed by atoms with E-state index in [2.05, 4.69) is 13.8 Å². The summed E-state index contributed by atoms with van der Waals surface area (Å²) in [4.78, 5) is 0. The first-order valence-corrected chi connectivity index (χ1v) is 5.60. The summed E-state index contributed by atoms with van der Waals surface area (Å²) in [6.07, 6.45) is 3.07. The second kappa shape index (κ2) is 6.75. The van der Waals surface area contributed by atoms with Crippen LogP contribution in [0.3, 0.4) is 0 Å². The van der Waals surface area contributed by atoms with E-state index >= 15 is 0 Å². The molecule has 0 aliphatic carbocycles. The molecular weight excluding hydrogens is 159 g/mol. The van der Waals surface area contributed by atoms with Gasteiger partial charge >= 0.3 is 8.03 Å². The van der Waals surface area contributed by atoms with E-state index in [1.807, 2.05) is 6.92 Å². The van der Waals surface area contributed by atoms with Crippen LogP contribution in [0.15, 0.2) is 0 Å². The summed E-state index contributed by atoms with van der Waals surface area (Å²) in [5.41, 5.74) is 0.273. The van der Waals surface area contributed by atoms with E-state index in [1.54, 1.807) is 0 Å². The van der Waals surface area contributed by atoms with Crippen molar-refractivity contribution < 1.29 is 9.09 Å². The van der Waals surface area contributed by atoms with E-state index in [-0.39, 0.29) is 5.66 Å². The summed E-state index contributed by atoms with van der Waals surface area (Å²) in [5.74, 6) is 0. The highest BCUT2D eigenvalue weighted by atomic mass is 31.1. The smallest absolute Gasteiger partial charge is 0.146 e. The van der Waals surface area contributed by atoms with Crippen LogP contribution in [-0.4, -0.2) is 12.3 Å². The standard InChI is InChI=1S/C8H18O2P/c1-4-7-8(5-2)11(9)10-6-3/h8H,4-7H2,1-3H3/q+1. The van der Waals surface area contributed by atoms with Crippen LogP contribution in [0.2, 0.25) is 0 Å². The first-order valence-electron chi connectivity index (χ1n) is 4.35. The lowest BCUT2D eigenvalue weighted by Crippen LogP contribution is -2.01. The average Bonchev–Trinajstić information content (AvgIpc) is 2.00. The fraction of sp³-hybridized carbons (Fsp3) is 1.00. The van der Waals surface area contributed by atoms with Gasteiger partial charge in [0.15, 0.2) is 5.66 Å². The second-order valence-electron chi connectivity index (χ2n) is 2.55. The third kappa shape index (κ3) is 4.49. The van der Waals surface area contributed by atoms with Crippen LogP contribution in [-0.2, 0) is 9.09 Å². The molecule has 3 heteroatoms. The van der Waals surface area contributed by atoms with E-state index in [9.17, 15) is 4.57 Å². The minimum Gasteiger partial charge on any atom is -0.146 e. The highest BCUT2D eigenvalue weighted by Gasteiger charge is 2.28. The van der Waals surface area contributed by atoms with E-state index in [0.29, 0.717) is 6.61 Å². The third-order valence-corrected chi connectivity index (χ3v) is 3.38. The zero-order valence-corrected chi connectivity index (χ0v) is 8.56. The summed E-state index contributed by atoms with van der Waals surface area (Å²) in [6, 6.07) is 0. The zero-order valence-electron chi connectivity index (χ0n) is 7.67. The van der Waals surface area contributed by atoms with Gasteiger partial charge in [-0.1, -0.05) is 20.3 Å². The molecule has 0 radical (unpaired) electrons. The Morgan fingerprint density at radius 2 is 2.00 bits per heavy atom. The zero-order chi connectivity index (χ0) is 8.69. The molecule has 0 aromatic heterocycles. The molecule has 66 valence electrons. The van der Waals surface area contributed by atoms with Gasteiger partial charge in [-0.3, -0.25) is 0 Å². The van der Waals surface area contributed by atoms with Crippen LogP contribution in [0.4, 0.5) is 0 Å². The normalized spacial score (nSPS) is 14.6. The van der Waals surface area contributed by atoms with Gasteiger partial charge in [0, 0.05) is 0 Å². The molecule has 0 saturated carbocycles. The lowest BCUT2D eigenvalue weighted by atomic mass is 10.2. The molecule has 0 fully saturated rings. The summed E-state index contributed by atoms with van der Waals surface area (Å²) in [7, 11) is -1.40. The molecule has 0 N–H and O–H groups in total. The highest BCUT2D eigenvalue weighted by Crippen LogP contribution is 2.34. The highest BCUT2D eigenvalue weighted by molar-refractivity contribution is 7.40. The summed E-state index contributed by atoms with van der Waals surface area (Å²) in [6.45, 7) is 6.62. The van der Waals surface area contributed by atoms with Gasteiger partial charge in [0.1, 0.15) is 0 Å². The van der Waals surface area contributed by atoms with Crippen LogP contribution in [0.1, 0.15) is 40.0 Å². The van der Waals surface area contributed by atoms with Gasteiger partial charge in [-0.2, -0.15) is 0 Å². The Balaban J connectivity index is 3.71. The molecule has 2 atom stereocenters. The van der Waals surface area contributed by atoms with Crippen molar-refractivity contribution in [3.63, 3.8) is 0 Å². The number of hydrogen-bond acceptors (Lipinski definition) is 2. The van der Waals surface area contributed by atoms with E-state index in [1.165, 1.54) is 0 Å². The predicted octanol–water partition coefficient (Wildman–Crippen LogP) is 3.34. The van der Waals surface area contributed by atoms with Crippen LogP contribution < -0.4 is 0 Å². The van der Waals surface area contributed by atoms with Gasteiger partial charge < -0.3 is 0 Å². The SMILES string of the molecule is CCCC(CC)[P+](=O)OCC. The monoisotopic (exact) mass is 177 g/mol. The largest absolute Gasteiger partial charge is 0.511 e. The van der Waals surface area contributed by atoms with Gasteiger partial charge in [0.05, 0.1) is 6.61 Å². The van der Waals surface area contributed by atoms with Crippen molar-refractivity contribution in [1.82, 2.24) is 0 Å². The van der Waals surface area contributed by atoms with Crippen molar-refractivity contribution in [2.24, 2.45) is 0 Å². The average molecular weight is 177 g/mol. The molecule has 0 aliphatic heterocycles. The van der Waals surface area contributed by atoms with Crippen LogP contribution >= 0.6 is 8.03 Å². The molecule has 11 heavy (non-hydrogen) atoms. The maximum atomic E-state index is 11.3. The molecule has 0 heterocycles. The number of hydrogen-bond donors (Lipinski definition) is 0. The number of rotatable bonds is 6. The van der Waals surface area contributed by atoms with E-state index in [4.69, 9.17) is 4.52 Å². The molecule has 0 aliphatic rings. The molecule has 0 amide bonds. The summed E-state index contributed by atoms with van der Waals surface area (Å²) < 4.78 is 16.3. The maximum absolute atomic E-state index is 11.3. The minimum atomic E-state index is -1.40. The van der Waals surface area contributed by atoms with Crippen LogP contribution in [0.25, 0.3) is 0 Å². The van der Waals surface area contributed by atoms with Crippen molar-refractivity contribution >= 4 is 8.03 Å². The van der Waals surface area contributed by atoms with Crippen molar-refractivity contribution in [2.45, 2.75) is 45.7 Å². The quantitative estimate of drug-likeness (QED) is 0.581. The fourth-order valence-corrected chi connectivity index (χ4v) is 2.26.